The van der Waals surface area contributed by atoms with Gasteiger partial charge in [0.1, 0.15) is 0 Å². The summed E-state index contributed by atoms with van der Waals surface area (Å²) in [7, 11) is 1.47. The highest BCUT2D eigenvalue weighted by Gasteiger charge is 2.36. The molecular formula is C12H23F3N2O. The van der Waals surface area contributed by atoms with Gasteiger partial charge < -0.3 is 10.4 Å². The van der Waals surface area contributed by atoms with Crippen molar-refractivity contribution in [3.63, 3.8) is 0 Å². The topological polar surface area (TPSA) is 35.5 Å². The molecular weight excluding hydrogens is 245 g/mol. The van der Waals surface area contributed by atoms with Gasteiger partial charge >= 0.3 is 6.18 Å². The van der Waals surface area contributed by atoms with Gasteiger partial charge in [-0.1, -0.05) is 0 Å². The summed E-state index contributed by atoms with van der Waals surface area (Å²) >= 11 is 0. The number of nitrogens with one attached hydrogen (secondary N) is 1. The van der Waals surface area contributed by atoms with Gasteiger partial charge in [-0.05, 0) is 40.2 Å². The van der Waals surface area contributed by atoms with Crippen molar-refractivity contribution in [2.24, 2.45) is 0 Å². The standard InChI is InChI=1S/C12H23F3N2O/c1-9(17(3)7-12(13,14)15)6-11(2,8-18)16-10-4-5-10/h9-10,16,18H,4-8H2,1-3H3. The number of rotatable bonds is 7. The Hall–Kier alpha value is -0.330. The van der Waals surface area contributed by atoms with Crippen LogP contribution in [0.3, 0.4) is 0 Å². The van der Waals surface area contributed by atoms with Crippen LogP contribution in [0.4, 0.5) is 13.2 Å². The molecule has 0 amide bonds. The smallest absolute Gasteiger partial charge is 0.394 e. The number of halogens is 3. The van der Waals surface area contributed by atoms with Gasteiger partial charge in [-0.2, -0.15) is 13.2 Å². The van der Waals surface area contributed by atoms with Crippen molar-refractivity contribution in [3.8, 4) is 0 Å². The monoisotopic (exact) mass is 268 g/mol. The van der Waals surface area contributed by atoms with Crippen LogP contribution < -0.4 is 5.32 Å². The van der Waals surface area contributed by atoms with E-state index in [-0.39, 0.29) is 12.6 Å². The molecule has 6 heteroatoms. The second-order valence-corrected chi connectivity index (χ2v) is 5.72. The normalized spacial score (nSPS) is 22.0. The van der Waals surface area contributed by atoms with Gasteiger partial charge in [-0.3, -0.25) is 4.90 Å². The van der Waals surface area contributed by atoms with E-state index in [2.05, 4.69) is 5.32 Å². The first-order valence-electron chi connectivity index (χ1n) is 6.31. The van der Waals surface area contributed by atoms with Crippen LogP contribution >= 0.6 is 0 Å². The lowest BCUT2D eigenvalue weighted by Gasteiger charge is -2.35. The first kappa shape index (κ1) is 15.7. The van der Waals surface area contributed by atoms with Crippen molar-refractivity contribution >= 4 is 0 Å². The second kappa shape index (κ2) is 5.75. The van der Waals surface area contributed by atoms with Gasteiger partial charge in [0.2, 0.25) is 0 Å². The van der Waals surface area contributed by atoms with Gasteiger partial charge in [0, 0.05) is 17.6 Å². The number of hydrogen-bond donors (Lipinski definition) is 2. The zero-order chi connectivity index (χ0) is 14.0. The molecule has 1 rings (SSSR count). The fraction of sp³-hybridized carbons (Fsp3) is 1.00. The number of nitrogens with zero attached hydrogens (tertiary/aromatic N) is 1. The Morgan fingerprint density at radius 1 is 1.39 bits per heavy atom. The molecule has 108 valence electrons. The largest absolute Gasteiger partial charge is 0.401 e. The Balaban J connectivity index is 2.46. The van der Waals surface area contributed by atoms with Gasteiger partial charge in [0.15, 0.2) is 0 Å². The minimum atomic E-state index is -4.18. The van der Waals surface area contributed by atoms with E-state index >= 15 is 0 Å². The lowest BCUT2D eigenvalue weighted by Crippen LogP contribution is -2.51. The minimum absolute atomic E-state index is 0.0618. The molecule has 0 bridgehead atoms. The molecule has 0 saturated heterocycles. The SMILES string of the molecule is CC(CC(C)(CO)NC1CC1)N(C)CC(F)(F)F. The summed E-state index contributed by atoms with van der Waals surface area (Å²) in [5.74, 6) is 0. The molecule has 1 aliphatic carbocycles. The molecule has 0 spiro atoms. The first-order chi connectivity index (χ1) is 8.15. The highest BCUT2D eigenvalue weighted by atomic mass is 19.4. The van der Waals surface area contributed by atoms with Crippen molar-refractivity contribution in [3.05, 3.63) is 0 Å². The summed E-state index contributed by atoms with van der Waals surface area (Å²) in [5, 5.41) is 12.7. The Bertz CT molecular complexity index is 269. The Kier molecular flexibility index (Phi) is 5.03. The number of alkyl halides is 3. The third kappa shape index (κ3) is 5.54. The van der Waals surface area contributed by atoms with Crippen LogP contribution in [-0.4, -0.2) is 54.0 Å². The average Bonchev–Trinajstić information content (AvgIpc) is 2.98. The van der Waals surface area contributed by atoms with E-state index in [0.29, 0.717) is 12.5 Å². The molecule has 2 N–H and O–H groups in total. The molecule has 2 atom stereocenters. The fourth-order valence-electron chi connectivity index (χ4n) is 2.14. The summed E-state index contributed by atoms with van der Waals surface area (Å²) in [6.07, 6.45) is -1.51. The number of aliphatic hydroxyl groups is 1. The van der Waals surface area contributed by atoms with Crippen LogP contribution in [0.1, 0.15) is 33.1 Å². The van der Waals surface area contributed by atoms with Gasteiger partial charge in [-0.15, -0.1) is 0 Å². The van der Waals surface area contributed by atoms with E-state index in [9.17, 15) is 18.3 Å². The van der Waals surface area contributed by atoms with Crippen molar-refractivity contribution in [1.29, 1.82) is 0 Å². The van der Waals surface area contributed by atoms with Crippen molar-refractivity contribution < 1.29 is 18.3 Å². The summed E-state index contributed by atoms with van der Waals surface area (Å²) in [6, 6.07) is 0.178. The zero-order valence-corrected chi connectivity index (χ0v) is 11.2. The Morgan fingerprint density at radius 2 is 1.94 bits per heavy atom. The third-order valence-electron chi connectivity index (χ3n) is 3.41. The van der Waals surface area contributed by atoms with Crippen LogP contribution in [0, 0.1) is 0 Å². The van der Waals surface area contributed by atoms with Gasteiger partial charge in [0.05, 0.1) is 13.2 Å². The van der Waals surface area contributed by atoms with Gasteiger partial charge in [-0.25, -0.2) is 0 Å². The lowest BCUT2D eigenvalue weighted by atomic mass is 9.93. The predicted octanol–water partition coefficient (Wildman–Crippen LogP) is 1.76. The highest BCUT2D eigenvalue weighted by Crippen LogP contribution is 2.26. The van der Waals surface area contributed by atoms with E-state index < -0.39 is 18.3 Å². The molecule has 0 aliphatic heterocycles. The lowest BCUT2D eigenvalue weighted by molar-refractivity contribution is -0.147. The van der Waals surface area contributed by atoms with Crippen molar-refractivity contribution in [2.75, 3.05) is 20.2 Å². The summed E-state index contributed by atoms with van der Waals surface area (Å²) in [4.78, 5) is 1.28. The molecule has 0 radical (unpaired) electrons. The molecule has 18 heavy (non-hydrogen) atoms. The molecule has 1 fully saturated rings. The molecule has 2 unspecified atom stereocenters. The quantitative estimate of drug-likeness (QED) is 0.738. The highest BCUT2D eigenvalue weighted by molar-refractivity contribution is 4.94. The molecule has 1 aliphatic rings. The van der Waals surface area contributed by atoms with E-state index in [1.54, 1.807) is 6.92 Å². The van der Waals surface area contributed by atoms with Crippen LogP contribution in [-0.2, 0) is 0 Å². The maximum atomic E-state index is 12.3. The van der Waals surface area contributed by atoms with Crippen LogP contribution in [0.2, 0.25) is 0 Å². The second-order valence-electron chi connectivity index (χ2n) is 5.72. The average molecular weight is 268 g/mol. The van der Waals surface area contributed by atoms with Crippen LogP contribution in [0.15, 0.2) is 0 Å². The first-order valence-corrected chi connectivity index (χ1v) is 6.31. The Labute approximate surface area is 106 Å². The summed E-state index contributed by atoms with van der Waals surface area (Å²) in [6.45, 7) is 2.64. The zero-order valence-electron chi connectivity index (χ0n) is 11.2. The third-order valence-corrected chi connectivity index (χ3v) is 3.41. The maximum Gasteiger partial charge on any atom is 0.401 e. The van der Waals surface area contributed by atoms with Crippen LogP contribution in [0.25, 0.3) is 0 Å². The van der Waals surface area contributed by atoms with Crippen LogP contribution in [0.5, 0.6) is 0 Å². The van der Waals surface area contributed by atoms with Crippen molar-refractivity contribution in [2.45, 2.75) is 56.9 Å². The molecule has 3 nitrogen and oxygen atoms in total. The van der Waals surface area contributed by atoms with E-state index in [1.165, 1.54) is 11.9 Å². The van der Waals surface area contributed by atoms with E-state index in [4.69, 9.17) is 0 Å². The molecule has 0 aromatic carbocycles. The number of aliphatic hydroxyl groups excluding tert-OH is 1. The van der Waals surface area contributed by atoms with E-state index in [0.717, 1.165) is 12.8 Å². The summed E-state index contributed by atoms with van der Waals surface area (Å²) < 4.78 is 36.9. The maximum absolute atomic E-state index is 12.3. The number of hydrogen-bond acceptors (Lipinski definition) is 3. The Morgan fingerprint density at radius 3 is 2.33 bits per heavy atom. The van der Waals surface area contributed by atoms with E-state index in [1.807, 2.05) is 6.92 Å². The molecule has 1 saturated carbocycles. The molecule has 0 aromatic rings. The van der Waals surface area contributed by atoms with Crippen molar-refractivity contribution in [1.82, 2.24) is 10.2 Å². The fourth-order valence-corrected chi connectivity index (χ4v) is 2.14. The molecule has 0 heterocycles. The molecule has 0 aromatic heterocycles. The predicted molar refractivity (Wildman–Crippen MR) is 64.4 cm³/mol. The van der Waals surface area contributed by atoms with Gasteiger partial charge in [0.25, 0.3) is 0 Å². The minimum Gasteiger partial charge on any atom is -0.394 e. The summed E-state index contributed by atoms with van der Waals surface area (Å²) in [5.41, 5.74) is -0.500.